The maximum absolute atomic E-state index is 12.9. The van der Waals surface area contributed by atoms with Gasteiger partial charge in [-0.2, -0.15) is 4.31 Å². The summed E-state index contributed by atoms with van der Waals surface area (Å²) in [6.07, 6.45) is 1.38. The van der Waals surface area contributed by atoms with E-state index < -0.39 is 10.0 Å². The SMILES string of the molecule is CC(C)Oc1cccc(CNC(=O)[C@@H]2CCCN(S(=O)(=O)c3ccc(Cl)cc3)C2)c1. The molecule has 1 saturated heterocycles. The van der Waals surface area contributed by atoms with Gasteiger partial charge in [0.25, 0.3) is 0 Å². The number of carbonyl (C=O) groups excluding carboxylic acids is 1. The minimum atomic E-state index is -3.65. The zero-order valence-electron chi connectivity index (χ0n) is 17.2. The van der Waals surface area contributed by atoms with E-state index in [2.05, 4.69) is 5.32 Å². The van der Waals surface area contributed by atoms with Crippen LogP contribution in [0.25, 0.3) is 0 Å². The van der Waals surface area contributed by atoms with E-state index in [4.69, 9.17) is 16.3 Å². The van der Waals surface area contributed by atoms with Crippen molar-refractivity contribution < 1.29 is 17.9 Å². The molecule has 30 heavy (non-hydrogen) atoms. The fraction of sp³-hybridized carbons (Fsp3) is 0.409. The number of ether oxygens (including phenoxy) is 1. The number of hydrogen-bond donors (Lipinski definition) is 1. The van der Waals surface area contributed by atoms with Gasteiger partial charge in [-0.3, -0.25) is 4.79 Å². The first kappa shape index (κ1) is 22.6. The summed E-state index contributed by atoms with van der Waals surface area (Å²) < 4.78 is 32.9. The predicted molar refractivity (Wildman–Crippen MR) is 117 cm³/mol. The van der Waals surface area contributed by atoms with Crippen molar-refractivity contribution in [2.75, 3.05) is 13.1 Å². The number of sulfonamides is 1. The highest BCUT2D eigenvalue weighted by atomic mass is 35.5. The number of rotatable bonds is 7. The van der Waals surface area contributed by atoms with Crippen molar-refractivity contribution in [1.29, 1.82) is 0 Å². The molecule has 1 amide bonds. The standard InChI is InChI=1S/C22H27ClN2O4S/c1-16(2)29-20-7-3-5-17(13-20)14-24-22(26)18-6-4-12-25(15-18)30(27,28)21-10-8-19(23)9-11-21/h3,5,7-11,13,16,18H,4,6,12,14-15H2,1-2H3,(H,24,26)/t18-/m1/s1. The minimum Gasteiger partial charge on any atom is -0.491 e. The molecule has 1 aliphatic rings. The Hall–Kier alpha value is -2.09. The Morgan fingerprint density at radius 3 is 2.67 bits per heavy atom. The van der Waals surface area contributed by atoms with Gasteiger partial charge < -0.3 is 10.1 Å². The van der Waals surface area contributed by atoms with E-state index in [0.29, 0.717) is 31.0 Å². The average molecular weight is 451 g/mol. The molecule has 2 aromatic rings. The van der Waals surface area contributed by atoms with Crippen molar-refractivity contribution >= 4 is 27.5 Å². The topological polar surface area (TPSA) is 75.7 Å². The molecule has 0 bridgehead atoms. The van der Waals surface area contributed by atoms with Crippen LogP contribution in [0.4, 0.5) is 0 Å². The van der Waals surface area contributed by atoms with E-state index in [1.807, 2.05) is 38.1 Å². The highest BCUT2D eigenvalue weighted by Gasteiger charge is 2.33. The quantitative estimate of drug-likeness (QED) is 0.695. The fourth-order valence-electron chi connectivity index (χ4n) is 3.46. The molecular formula is C22H27ClN2O4S. The van der Waals surface area contributed by atoms with Crippen LogP contribution >= 0.6 is 11.6 Å². The second-order valence-corrected chi connectivity index (χ2v) is 10.1. The second kappa shape index (κ2) is 9.81. The summed E-state index contributed by atoms with van der Waals surface area (Å²) >= 11 is 5.86. The van der Waals surface area contributed by atoms with Gasteiger partial charge in [-0.25, -0.2) is 8.42 Å². The highest BCUT2D eigenvalue weighted by molar-refractivity contribution is 7.89. The maximum Gasteiger partial charge on any atom is 0.243 e. The summed E-state index contributed by atoms with van der Waals surface area (Å²) in [6.45, 7) is 4.87. The second-order valence-electron chi connectivity index (χ2n) is 7.69. The van der Waals surface area contributed by atoms with Crippen molar-refractivity contribution in [1.82, 2.24) is 9.62 Å². The molecule has 0 aromatic heterocycles. The van der Waals surface area contributed by atoms with Gasteiger partial charge in [-0.15, -0.1) is 0 Å². The number of piperidine rings is 1. The molecule has 0 radical (unpaired) electrons. The predicted octanol–water partition coefficient (Wildman–Crippen LogP) is 3.84. The first-order chi connectivity index (χ1) is 14.3. The Balaban J connectivity index is 1.61. The van der Waals surface area contributed by atoms with Gasteiger partial charge in [0.05, 0.1) is 16.9 Å². The molecule has 1 aliphatic heterocycles. The Kier molecular flexibility index (Phi) is 7.39. The number of nitrogens with one attached hydrogen (secondary N) is 1. The van der Waals surface area contributed by atoms with Crippen LogP contribution in [0.2, 0.25) is 5.02 Å². The largest absolute Gasteiger partial charge is 0.491 e. The number of benzene rings is 2. The molecule has 0 spiro atoms. The van der Waals surface area contributed by atoms with Gasteiger partial charge in [0.1, 0.15) is 5.75 Å². The molecule has 6 nitrogen and oxygen atoms in total. The van der Waals surface area contributed by atoms with E-state index in [1.54, 1.807) is 12.1 Å². The van der Waals surface area contributed by atoms with Gasteiger partial charge in [-0.1, -0.05) is 23.7 Å². The van der Waals surface area contributed by atoms with Gasteiger partial charge in [0, 0.05) is 24.7 Å². The lowest BCUT2D eigenvalue weighted by Gasteiger charge is -2.31. The molecule has 2 aromatic carbocycles. The molecular weight excluding hydrogens is 424 g/mol. The van der Waals surface area contributed by atoms with Crippen molar-refractivity contribution in [3.05, 3.63) is 59.1 Å². The van der Waals surface area contributed by atoms with Crippen LogP contribution < -0.4 is 10.1 Å². The van der Waals surface area contributed by atoms with E-state index in [9.17, 15) is 13.2 Å². The summed E-state index contributed by atoms with van der Waals surface area (Å²) in [5.74, 6) is 0.242. The first-order valence-electron chi connectivity index (χ1n) is 10.0. The van der Waals surface area contributed by atoms with E-state index in [0.717, 1.165) is 11.3 Å². The molecule has 162 valence electrons. The number of carbonyl (C=O) groups is 1. The van der Waals surface area contributed by atoms with Crippen molar-refractivity contribution in [2.45, 2.75) is 44.2 Å². The van der Waals surface area contributed by atoms with Crippen LogP contribution in [0, 0.1) is 5.92 Å². The van der Waals surface area contributed by atoms with Crippen molar-refractivity contribution in [2.24, 2.45) is 5.92 Å². The van der Waals surface area contributed by atoms with Gasteiger partial charge >= 0.3 is 0 Å². The maximum atomic E-state index is 12.9. The summed E-state index contributed by atoms with van der Waals surface area (Å²) in [5, 5.41) is 3.41. The first-order valence-corrected chi connectivity index (χ1v) is 11.9. The fourth-order valence-corrected chi connectivity index (χ4v) is 5.11. The lowest BCUT2D eigenvalue weighted by Crippen LogP contribution is -2.45. The lowest BCUT2D eigenvalue weighted by atomic mass is 9.99. The molecule has 1 atom stereocenters. The molecule has 0 unspecified atom stereocenters. The van der Waals surface area contributed by atoms with E-state index in [1.165, 1.54) is 16.4 Å². The van der Waals surface area contributed by atoms with E-state index >= 15 is 0 Å². The van der Waals surface area contributed by atoms with Crippen LogP contribution in [-0.4, -0.2) is 37.8 Å². The number of hydrogen-bond acceptors (Lipinski definition) is 4. The number of halogens is 1. The molecule has 8 heteroatoms. The van der Waals surface area contributed by atoms with Gasteiger partial charge in [0.15, 0.2) is 0 Å². The third kappa shape index (κ3) is 5.74. The summed E-state index contributed by atoms with van der Waals surface area (Å²) in [6, 6.07) is 13.7. The normalized spacial score (nSPS) is 17.7. The number of nitrogens with zero attached hydrogens (tertiary/aromatic N) is 1. The molecule has 1 heterocycles. The Bertz CT molecular complexity index is 977. The third-order valence-corrected chi connectivity index (χ3v) is 7.07. The molecule has 1 fully saturated rings. The smallest absolute Gasteiger partial charge is 0.243 e. The van der Waals surface area contributed by atoms with Crippen molar-refractivity contribution in [3.8, 4) is 5.75 Å². The van der Waals surface area contributed by atoms with Gasteiger partial charge in [-0.05, 0) is 68.7 Å². The summed E-state index contributed by atoms with van der Waals surface area (Å²) in [4.78, 5) is 12.9. The number of amides is 1. The zero-order chi connectivity index (χ0) is 21.7. The van der Waals surface area contributed by atoms with Gasteiger partial charge in [0.2, 0.25) is 15.9 Å². The average Bonchev–Trinajstić information content (AvgIpc) is 2.72. The highest BCUT2D eigenvalue weighted by Crippen LogP contribution is 2.25. The van der Waals surface area contributed by atoms with Crippen molar-refractivity contribution in [3.63, 3.8) is 0 Å². The zero-order valence-corrected chi connectivity index (χ0v) is 18.7. The Labute approximate surface area is 183 Å². The summed E-state index contributed by atoms with van der Waals surface area (Å²) in [7, 11) is -3.65. The lowest BCUT2D eigenvalue weighted by molar-refractivity contribution is -0.126. The minimum absolute atomic E-state index is 0.0747. The van der Waals surface area contributed by atoms with Crippen LogP contribution in [-0.2, 0) is 21.4 Å². The Morgan fingerprint density at radius 2 is 1.97 bits per heavy atom. The Morgan fingerprint density at radius 1 is 1.23 bits per heavy atom. The summed E-state index contributed by atoms with van der Waals surface area (Å²) in [5.41, 5.74) is 0.933. The molecule has 0 saturated carbocycles. The van der Waals surface area contributed by atoms with Crippen LogP contribution in [0.5, 0.6) is 5.75 Å². The molecule has 1 N–H and O–H groups in total. The van der Waals surface area contributed by atoms with Crippen LogP contribution in [0.3, 0.4) is 0 Å². The van der Waals surface area contributed by atoms with Crippen LogP contribution in [0.1, 0.15) is 32.3 Å². The monoisotopic (exact) mass is 450 g/mol. The van der Waals surface area contributed by atoms with Crippen LogP contribution in [0.15, 0.2) is 53.4 Å². The molecule has 3 rings (SSSR count). The van der Waals surface area contributed by atoms with E-state index in [-0.39, 0.29) is 29.4 Å². The molecule has 0 aliphatic carbocycles. The third-order valence-electron chi connectivity index (χ3n) is 4.94.